The molecule has 1 heterocycles. The molecule has 0 saturated carbocycles. The van der Waals surface area contributed by atoms with Crippen molar-refractivity contribution >= 4 is 33.2 Å². The van der Waals surface area contributed by atoms with E-state index in [1.54, 1.807) is 11.3 Å². The first-order valence-corrected chi connectivity index (χ1v) is 10.7. The number of aryl methyl sites for hydroxylation is 2. The molecule has 2 N–H and O–H groups in total. The molecule has 0 radical (unpaired) electrons. The molecule has 0 aliphatic heterocycles. The summed E-state index contributed by atoms with van der Waals surface area (Å²) in [6, 6.07) is 20.3. The average Bonchev–Trinajstić information content (AvgIpc) is 3.11. The van der Waals surface area contributed by atoms with Crippen molar-refractivity contribution in [3.05, 3.63) is 92.1 Å². The van der Waals surface area contributed by atoms with E-state index < -0.39 is 0 Å². The van der Waals surface area contributed by atoms with E-state index in [-0.39, 0.29) is 5.91 Å². The number of hydrogen-bond donors (Lipinski definition) is 1. The monoisotopic (exact) mass is 442 g/mol. The number of nitrogens with two attached hydrogens (primary N) is 1. The Labute approximate surface area is 173 Å². The summed E-state index contributed by atoms with van der Waals surface area (Å²) in [5.41, 5.74) is 8.92. The van der Waals surface area contributed by atoms with Gasteiger partial charge in [0.25, 0.3) is 5.91 Å². The standard InChI is InChI=1S/C22H23BrN2OS/c23-19-14-20(27-16-19)15-25(13-12-24)22(26)21-9-5-4-8-18(21)11-10-17-6-2-1-3-7-17/h1-9,14,16H,10-13,15,24H2. The predicted octanol–water partition coefficient (Wildman–Crippen LogP) is 4.90. The number of halogens is 1. The summed E-state index contributed by atoms with van der Waals surface area (Å²) in [6.07, 6.45) is 1.76. The molecule has 0 unspecified atom stereocenters. The van der Waals surface area contributed by atoms with E-state index in [0.29, 0.717) is 19.6 Å². The van der Waals surface area contributed by atoms with Crippen LogP contribution in [-0.2, 0) is 19.4 Å². The van der Waals surface area contributed by atoms with Crippen molar-refractivity contribution in [2.45, 2.75) is 19.4 Å². The van der Waals surface area contributed by atoms with Gasteiger partial charge in [0.1, 0.15) is 0 Å². The first-order chi connectivity index (χ1) is 13.2. The number of carbonyl (C=O) groups excluding carboxylic acids is 1. The molecule has 0 atom stereocenters. The van der Waals surface area contributed by atoms with Crippen LogP contribution >= 0.6 is 27.3 Å². The fourth-order valence-corrected chi connectivity index (χ4v) is 4.54. The second-order valence-corrected chi connectivity index (χ2v) is 8.30. The molecule has 140 valence electrons. The number of thiophene rings is 1. The zero-order valence-electron chi connectivity index (χ0n) is 15.1. The minimum Gasteiger partial charge on any atom is -0.332 e. The van der Waals surface area contributed by atoms with E-state index in [9.17, 15) is 4.79 Å². The Kier molecular flexibility index (Phi) is 7.21. The van der Waals surface area contributed by atoms with Crippen molar-refractivity contribution in [3.63, 3.8) is 0 Å². The van der Waals surface area contributed by atoms with E-state index in [2.05, 4.69) is 52.3 Å². The number of benzene rings is 2. The minimum absolute atomic E-state index is 0.0497. The van der Waals surface area contributed by atoms with Crippen LogP contribution in [0.2, 0.25) is 0 Å². The van der Waals surface area contributed by atoms with Gasteiger partial charge in [-0.15, -0.1) is 11.3 Å². The van der Waals surface area contributed by atoms with Gasteiger partial charge in [-0.25, -0.2) is 0 Å². The van der Waals surface area contributed by atoms with Crippen molar-refractivity contribution in [1.82, 2.24) is 4.90 Å². The first-order valence-electron chi connectivity index (χ1n) is 9.01. The average molecular weight is 443 g/mol. The lowest BCUT2D eigenvalue weighted by Gasteiger charge is -2.23. The van der Waals surface area contributed by atoms with Crippen LogP contribution in [0.1, 0.15) is 26.4 Å². The van der Waals surface area contributed by atoms with Crippen LogP contribution in [0.5, 0.6) is 0 Å². The van der Waals surface area contributed by atoms with E-state index in [4.69, 9.17) is 5.73 Å². The Morgan fingerprint density at radius 1 is 1.04 bits per heavy atom. The summed E-state index contributed by atoms with van der Waals surface area (Å²) in [6.45, 7) is 1.57. The maximum Gasteiger partial charge on any atom is 0.254 e. The van der Waals surface area contributed by atoms with Crippen molar-refractivity contribution in [3.8, 4) is 0 Å². The summed E-state index contributed by atoms with van der Waals surface area (Å²) in [7, 11) is 0. The lowest BCUT2D eigenvalue weighted by molar-refractivity contribution is 0.0748. The Morgan fingerprint density at radius 2 is 1.78 bits per heavy atom. The molecule has 3 nitrogen and oxygen atoms in total. The van der Waals surface area contributed by atoms with Gasteiger partial charge in [-0.2, -0.15) is 0 Å². The molecule has 0 aliphatic carbocycles. The predicted molar refractivity (Wildman–Crippen MR) is 116 cm³/mol. The SMILES string of the molecule is NCCN(Cc1cc(Br)cs1)C(=O)c1ccccc1CCc1ccccc1. The molecular weight excluding hydrogens is 420 g/mol. The van der Waals surface area contributed by atoms with Crippen LogP contribution in [0.25, 0.3) is 0 Å². The number of rotatable bonds is 8. The Hall–Kier alpha value is -1.95. The fraction of sp³-hybridized carbons (Fsp3) is 0.227. The number of amides is 1. The summed E-state index contributed by atoms with van der Waals surface area (Å²) in [5.74, 6) is 0.0497. The van der Waals surface area contributed by atoms with Gasteiger partial charge < -0.3 is 10.6 Å². The molecule has 0 bridgehead atoms. The highest BCUT2D eigenvalue weighted by atomic mass is 79.9. The first kappa shape index (κ1) is 19.8. The van der Waals surface area contributed by atoms with E-state index in [1.165, 1.54) is 5.56 Å². The molecule has 0 spiro atoms. The molecule has 5 heteroatoms. The van der Waals surface area contributed by atoms with Crippen LogP contribution in [0.3, 0.4) is 0 Å². The van der Waals surface area contributed by atoms with Crippen molar-refractivity contribution < 1.29 is 4.79 Å². The highest BCUT2D eigenvalue weighted by Crippen LogP contribution is 2.23. The Bertz CT molecular complexity index is 879. The van der Waals surface area contributed by atoms with Crippen LogP contribution in [0.15, 0.2) is 70.5 Å². The third kappa shape index (κ3) is 5.51. The molecule has 27 heavy (non-hydrogen) atoms. The molecule has 1 amide bonds. The maximum absolute atomic E-state index is 13.2. The fourth-order valence-electron chi connectivity index (χ4n) is 3.07. The Morgan fingerprint density at radius 3 is 2.48 bits per heavy atom. The van der Waals surface area contributed by atoms with Crippen LogP contribution in [-0.4, -0.2) is 23.9 Å². The van der Waals surface area contributed by atoms with E-state index in [1.807, 2.05) is 34.5 Å². The summed E-state index contributed by atoms with van der Waals surface area (Å²) in [4.78, 5) is 16.2. The van der Waals surface area contributed by atoms with Gasteiger partial charge in [-0.05, 0) is 52.0 Å². The van der Waals surface area contributed by atoms with Gasteiger partial charge in [-0.1, -0.05) is 48.5 Å². The molecule has 0 fully saturated rings. The zero-order valence-corrected chi connectivity index (χ0v) is 17.5. The quantitative estimate of drug-likeness (QED) is 0.539. The van der Waals surface area contributed by atoms with Gasteiger partial charge in [0.05, 0.1) is 6.54 Å². The lowest BCUT2D eigenvalue weighted by atomic mass is 9.99. The topological polar surface area (TPSA) is 46.3 Å². The van der Waals surface area contributed by atoms with Gasteiger partial charge in [0, 0.05) is 33.4 Å². The summed E-state index contributed by atoms with van der Waals surface area (Å²) in [5, 5.41) is 2.04. The van der Waals surface area contributed by atoms with Gasteiger partial charge in [0.2, 0.25) is 0 Å². The van der Waals surface area contributed by atoms with Crippen molar-refractivity contribution in [2.24, 2.45) is 5.73 Å². The van der Waals surface area contributed by atoms with Crippen LogP contribution < -0.4 is 5.73 Å². The third-order valence-electron chi connectivity index (χ3n) is 4.43. The molecule has 3 rings (SSSR count). The molecular formula is C22H23BrN2OS. The second kappa shape index (κ2) is 9.83. The Balaban J connectivity index is 1.77. The van der Waals surface area contributed by atoms with Gasteiger partial charge in [-0.3, -0.25) is 4.79 Å². The highest BCUT2D eigenvalue weighted by molar-refractivity contribution is 9.10. The van der Waals surface area contributed by atoms with Gasteiger partial charge in [0.15, 0.2) is 0 Å². The smallest absolute Gasteiger partial charge is 0.254 e. The minimum atomic E-state index is 0.0497. The maximum atomic E-state index is 13.2. The zero-order chi connectivity index (χ0) is 19.1. The van der Waals surface area contributed by atoms with Crippen LogP contribution in [0.4, 0.5) is 0 Å². The molecule has 0 saturated heterocycles. The normalized spacial score (nSPS) is 10.7. The molecule has 1 aromatic heterocycles. The molecule has 0 aliphatic rings. The number of hydrogen-bond acceptors (Lipinski definition) is 3. The van der Waals surface area contributed by atoms with Crippen LogP contribution in [0, 0.1) is 0 Å². The number of carbonyl (C=O) groups is 1. The largest absolute Gasteiger partial charge is 0.332 e. The van der Waals surface area contributed by atoms with Crippen molar-refractivity contribution in [1.29, 1.82) is 0 Å². The molecule has 2 aromatic carbocycles. The van der Waals surface area contributed by atoms with Gasteiger partial charge >= 0.3 is 0 Å². The third-order valence-corrected chi connectivity index (χ3v) is 6.11. The van der Waals surface area contributed by atoms with E-state index in [0.717, 1.165) is 33.3 Å². The van der Waals surface area contributed by atoms with E-state index >= 15 is 0 Å². The number of nitrogens with zero attached hydrogens (tertiary/aromatic N) is 1. The summed E-state index contributed by atoms with van der Waals surface area (Å²) >= 11 is 5.13. The van der Waals surface area contributed by atoms with Crippen molar-refractivity contribution in [2.75, 3.05) is 13.1 Å². The second-order valence-electron chi connectivity index (χ2n) is 6.39. The highest BCUT2D eigenvalue weighted by Gasteiger charge is 2.19. The molecule has 3 aromatic rings. The summed E-state index contributed by atoms with van der Waals surface area (Å²) < 4.78 is 1.05. The lowest BCUT2D eigenvalue weighted by Crippen LogP contribution is -2.35.